The summed E-state index contributed by atoms with van der Waals surface area (Å²) in [6.07, 6.45) is 4.63. The molecule has 1 aromatic heterocycles. The van der Waals surface area contributed by atoms with Gasteiger partial charge in [-0.25, -0.2) is 11.3 Å². The molecule has 0 fully saturated rings. The number of nitrogens with one attached hydrogen (secondary N) is 1. The second-order valence-corrected chi connectivity index (χ2v) is 4.34. The summed E-state index contributed by atoms with van der Waals surface area (Å²) in [6, 6.07) is 0. The molecule has 6 heteroatoms. The Morgan fingerprint density at radius 1 is 1.82 bits per heavy atom. The molecule has 0 aliphatic heterocycles. The minimum Gasteiger partial charge on any atom is -0.375 e. The van der Waals surface area contributed by atoms with E-state index in [9.17, 15) is 0 Å². The van der Waals surface area contributed by atoms with Crippen molar-refractivity contribution < 1.29 is 21.1 Å². The molecule has 0 aromatic carbocycles. The molecule has 0 saturated heterocycles. The number of thioether (sulfide) groups is 1. The van der Waals surface area contributed by atoms with Crippen LogP contribution in [0.3, 0.4) is 0 Å². The Bertz CT molecular complexity index is 250. The first-order valence-electron chi connectivity index (χ1n) is 2.51. The Kier molecular flexibility index (Phi) is 5.80. The van der Waals surface area contributed by atoms with Crippen molar-refractivity contribution in [1.29, 1.82) is 5.41 Å². The zero-order valence-corrected chi connectivity index (χ0v) is 11.5. The Morgan fingerprint density at radius 3 is 2.82 bits per heavy atom. The van der Waals surface area contributed by atoms with Gasteiger partial charge in [0.1, 0.15) is 0 Å². The molecule has 1 rings (SSSR count). The maximum absolute atomic E-state index is 7.38. The standard InChI is InChI=1S/C5H6N2PS2.W/c1-9-4(6)3-2-7-5(8)10-3;/h6H,8H2,1H3;/q-1;. The topological polar surface area (TPSA) is 36.7 Å². The van der Waals surface area contributed by atoms with Gasteiger partial charge in [0.15, 0.2) is 0 Å². The minimum atomic E-state index is 0. The van der Waals surface area contributed by atoms with Gasteiger partial charge in [0.05, 0.1) is 0 Å². The molecule has 0 amide bonds. The second-order valence-electron chi connectivity index (χ2n) is 1.53. The summed E-state index contributed by atoms with van der Waals surface area (Å²) in [6.45, 7) is 0. The third-order valence-electron chi connectivity index (χ3n) is 0.885. The van der Waals surface area contributed by atoms with E-state index >= 15 is 0 Å². The van der Waals surface area contributed by atoms with Gasteiger partial charge in [-0.2, -0.15) is 11.8 Å². The Balaban J connectivity index is 0.000001000. The molecule has 0 radical (unpaired) electrons. The molecule has 1 N–H and O–H groups in total. The quantitative estimate of drug-likeness (QED) is 0.347. The molecule has 2 nitrogen and oxygen atoms in total. The van der Waals surface area contributed by atoms with Crippen LogP contribution in [-0.4, -0.2) is 16.3 Å². The van der Waals surface area contributed by atoms with Crippen LogP contribution in [0.2, 0.25) is 0 Å². The van der Waals surface area contributed by atoms with Gasteiger partial charge < -0.3 is 10.4 Å². The molecule has 1 aromatic rings. The average Bonchev–Trinajstić information content (AvgIpc) is 2.34. The molecule has 0 aliphatic rings. The van der Waals surface area contributed by atoms with Gasteiger partial charge in [0.2, 0.25) is 0 Å². The first-order chi connectivity index (χ1) is 4.74. The average molecular weight is 373 g/mol. The van der Waals surface area contributed by atoms with Gasteiger partial charge in [-0.1, -0.05) is 6.20 Å². The Hall–Kier alpha value is 0.768. The fourth-order valence-electron chi connectivity index (χ4n) is 0.446. The number of thiazole rings is 1. The van der Waals surface area contributed by atoms with Crippen molar-refractivity contribution >= 4 is 42.1 Å². The largest absolute Gasteiger partial charge is 0.375 e. The fraction of sp³-hybridized carbons (Fsp3) is 0.200. The predicted molar refractivity (Wildman–Crippen MR) is 50.6 cm³/mol. The molecule has 0 aliphatic carbocycles. The van der Waals surface area contributed by atoms with Crippen molar-refractivity contribution in [2.24, 2.45) is 0 Å². The summed E-state index contributed by atoms with van der Waals surface area (Å²) in [5.41, 5.74) is 0. The van der Waals surface area contributed by atoms with Crippen LogP contribution in [0.15, 0.2) is 0 Å². The van der Waals surface area contributed by atoms with Crippen molar-refractivity contribution in [3.63, 3.8) is 0 Å². The normalized spacial score (nSPS) is 8.91. The SMILES string of the molecule is CSC(=N)c1[c-]nc(P)s1.[W]. The van der Waals surface area contributed by atoms with Gasteiger partial charge >= 0.3 is 0 Å². The molecular formula is C5H6N2PS2W-. The summed E-state index contributed by atoms with van der Waals surface area (Å²) in [7, 11) is 2.49. The van der Waals surface area contributed by atoms with Crippen LogP contribution in [-0.2, 0) is 21.1 Å². The Labute approximate surface area is 90.5 Å². The van der Waals surface area contributed by atoms with E-state index in [4.69, 9.17) is 5.41 Å². The third kappa shape index (κ3) is 3.33. The van der Waals surface area contributed by atoms with Crippen LogP contribution in [0, 0.1) is 11.6 Å². The van der Waals surface area contributed by atoms with Crippen molar-refractivity contribution in [2.75, 3.05) is 6.26 Å². The number of aromatic nitrogens is 1. The number of nitrogens with zero attached hydrogens (tertiary/aromatic N) is 1. The summed E-state index contributed by atoms with van der Waals surface area (Å²) < 4.78 is 0.883. The van der Waals surface area contributed by atoms with E-state index in [1.54, 1.807) is 0 Å². The molecule has 60 valence electrons. The molecule has 0 bridgehead atoms. The van der Waals surface area contributed by atoms with E-state index in [2.05, 4.69) is 20.4 Å². The van der Waals surface area contributed by atoms with Crippen LogP contribution in [0.4, 0.5) is 0 Å². The molecule has 1 atom stereocenters. The van der Waals surface area contributed by atoms with E-state index in [0.717, 1.165) is 9.63 Å². The number of hydrogen-bond acceptors (Lipinski definition) is 4. The fourth-order valence-corrected chi connectivity index (χ4v) is 1.95. The minimum absolute atomic E-state index is 0. The zero-order chi connectivity index (χ0) is 7.56. The molecule has 1 heterocycles. The van der Waals surface area contributed by atoms with Gasteiger partial charge in [-0.3, -0.25) is 0 Å². The molecule has 11 heavy (non-hydrogen) atoms. The number of rotatable bonds is 1. The maximum atomic E-state index is 7.38. The number of hydrogen-bond donors (Lipinski definition) is 1. The zero-order valence-electron chi connectivity index (χ0n) is 5.75. The first-order valence-corrected chi connectivity index (χ1v) is 5.13. The first kappa shape index (κ1) is 11.8. The van der Waals surface area contributed by atoms with E-state index in [1.807, 2.05) is 6.26 Å². The summed E-state index contributed by atoms with van der Waals surface area (Å²) in [5, 5.41) is 7.92. The third-order valence-corrected chi connectivity index (χ3v) is 2.91. The van der Waals surface area contributed by atoms with E-state index in [1.165, 1.54) is 23.1 Å². The molecule has 0 saturated carbocycles. The van der Waals surface area contributed by atoms with Crippen molar-refractivity contribution in [3.05, 3.63) is 11.1 Å². The van der Waals surface area contributed by atoms with Gasteiger partial charge in [-0.15, -0.1) is 9.24 Å². The van der Waals surface area contributed by atoms with Crippen LogP contribution in [0.5, 0.6) is 0 Å². The van der Waals surface area contributed by atoms with Crippen LogP contribution >= 0.6 is 32.3 Å². The van der Waals surface area contributed by atoms with Gasteiger partial charge in [0, 0.05) is 30.9 Å². The molecular weight excluding hydrogens is 367 g/mol. The van der Waals surface area contributed by atoms with E-state index < -0.39 is 0 Å². The second kappa shape index (κ2) is 5.42. The summed E-state index contributed by atoms with van der Waals surface area (Å²) in [5.74, 6) is 0. The Morgan fingerprint density at radius 2 is 2.45 bits per heavy atom. The van der Waals surface area contributed by atoms with Gasteiger partial charge in [-0.05, 0) is 11.1 Å². The van der Waals surface area contributed by atoms with Crippen LogP contribution < -0.4 is 4.75 Å². The van der Waals surface area contributed by atoms with Gasteiger partial charge in [0.25, 0.3) is 0 Å². The molecule has 1 unspecified atom stereocenters. The van der Waals surface area contributed by atoms with E-state index in [0.29, 0.717) is 5.04 Å². The van der Waals surface area contributed by atoms with Crippen molar-refractivity contribution in [1.82, 2.24) is 4.98 Å². The smallest absolute Gasteiger partial charge is 0.00755 e. The summed E-state index contributed by atoms with van der Waals surface area (Å²) in [4.78, 5) is 4.71. The maximum Gasteiger partial charge on any atom is 0.00755 e. The van der Waals surface area contributed by atoms with E-state index in [-0.39, 0.29) is 21.1 Å². The summed E-state index contributed by atoms with van der Waals surface area (Å²) >= 11 is 2.88. The predicted octanol–water partition coefficient (Wildman–Crippen LogP) is 1.13. The van der Waals surface area contributed by atoms with Crippen molar-refractivity contribution in [3.8, 4) is 0 Å². The van der Waals surface area contributed by atoms with Crippen LogP contribution in [0.1, 0.15) is 4.88 Å². The molecule has 0 spiro atoms. The monoisotopic (exact) mass is 373 g/mol. The van der Waals surface area contributed by atoms with Crippen molar-refractivity contribution in [2.45, 2.75) is 0 Å². The van der Waals surface area contributed by atoms with Crippen LogP contribution in [0.25, 0.3) is 0 Å².